The van der Waals surface area contributed by atoms with E-state index in [2.05, 4.69) is 29.3 Å². The van der Waals surface area contributed by atoms with E-state index in [4.69, 9.17) is 9.47 Å². The van der Waals surface area contributed by atoms with Crippen molar-refractivity contribution in [2.75, 3.05) is 27.3 Å². The Labute approximate surface area is 158 Å². The van der Waals surface area contributed by atoms with Crippen LogP contribution in [-0.4, -0.2) is 43.3 Å². The lowest BCUT2D eigenvalue weighted by molar-refractivity contribution is -0.143. The zero-order chi connectivity index (χ0) is 18.7. The van der Waals surface area contributed by atoms with Crippen LogP contribution in [0.3, 0.4) is 0 Å². The van der Waals surface area contributed by atoms with Gasteiger partial charge in [-0.3, -0.25) is 9.69 Å². The summed E-state index contributed by atoms with van der Waals surface area (Å²) in [7, 11) is 3.31. The monoisotopic (exact) mass is 375 g/mol. The Morgan fingerprint density at radius 2 is 1.96 bits per heavy atom. The van der Waals surface area contributed by atoms with Crippen LogP contribution in [0.25, 0.3) is 0 Å². The normalized spacial score (nSPS) is 17.0. The van der Waals surface area contributed by atoms with E-state index in [0.717, 1.165) is 24.4 Å². The Balaban J connectivity index is 2.01. The number of rotatable bonds is 6. The first-order valence-electron chi connectivity index (χ1n) is 8.78. The van der Waals surface area contributed by atoms with Crippen LogP contribution in [0.1, 0.15) is 34.9 Å². The predicted molar refractivity (Wildman–Crippen MR) is 102 cm³/mol. The number of methoxy groups -OCH3 is 2. The largest absolute Gasteiger partial charge is 0.493 e. The summed E-state index contributed by atoms with van der Waals surface area (Å²) in [6.07, 6.45) is 1.34. The van der Waals surface area contributed by atoms with Gasteiger partial charge in [-0.15, -0.1) is 11.3 Å². The number of thiophene rings is 1. The number of carbonyl (C=O) groups is 1. The number of carboxylic acid groups (broad SMARTS) is 1. The minimum absolute atomic E-state index is 0.0368. The molecule has 1 aromatic heterocycles. The Morgan fingerprint density at radius 1 is 1.23 bits per heavy atom. The van der Waals surface area contributed by atoms with Crippen molar-refractivity contribution in [3.05, 3.63) is 45.6 Å². The van der Waals surface area contributed by atoms with Gasteiger partial charge in [-0.05, 0) is 55.9 Å². The number of para-hydroxylation sites is 1. The third-order valence-corrected chi connectivity index (χ3v) is 6.19. The molecule has 0 bridgehead atoms. The highest BCUT2D eigenvalue weighted by Gasteiger charge is 2.33. The molecule has 0 saturated carbocycles. The third kappa shape index (κ3) is 3.57. The molecule has 0 aliphatic carbocycles. The number of likely N-dealkylation sites (tertiary alicyclic amines) is 1. The molecule has 1 fully saturated rings. The van der Waals surface area contributed by atoms with E-state index in [1.165, 1.54) is 10.4 Å². The molecule has 6 heteroatoms. The van der Waals surface area contributed by atoms with Crippen molar-refractivity contribution >= 4 is 17.3 Å². The van der Waals surface area contributed by atoms with Gasteiger partial charge in [-0.25, -0.2) is 0 Å². The van der Waals surface area contributed by atoms with Crippen LogP contribution in [0, 0.1) is 12.8 Å². The second-order valence-corrected chi connectivity index (χ2v) is 7.55. The van der Waals surface area contributed by atoms with Gasteiger partial charge in [-0.1, -0.05) is 12.1 Å². The molecule has 1 N–H and O–H groups in total. The van der Waals surface area contributed by atoms with Crippen LogP contribution in [0.2, 0.25) is 0 Å². The number of carboxylic acids is 1. The summed E-state index contributed by atoms with van der Waals surface area (Å²) in [5, 5.41) is 11.4. The summed E-state index contributed by atoms with van der Waals surface area (Å²) in [6, 6.07) is 8.13. The van der Waals surface area contributed by atoms with Gasteiger partial charge in [0, 0.05) is 10.4 Å². The van der Waals surface area contributed by atoms with E-state index in [9.17, 15) is 9.90 Å². The summed E-state index contributed by atoms with van der Waals surface area (Å²) < 4.78 is 11.2. The summed E-state index contributed by atoms with van der Waals surface area (Å²) >= 11 is 1.73. The first kappa shape index (κ1) is 18.7. The van der Waals surface area contributed by atoms with E-state index >= 15 is 0 Å². The van der Waals surface area contributed by atoms with Crippen molar-refractivity contribution in [1.82, 2.24) is 4.90 Å². The standard InChI is InChI=1S/C20H25NO4S/c1-13-9-12-26-19(13)17(21-10-7-14(8-11-21)20(22)23)15-5-4-6-16(24-2)18(15)25-3/h4-6,9,12,14,17H,7-8,10-11H2,1-3H3,(H,22,23). The van der Waals surface area contributed by atoms with E-state index in [1.807, 2.05) is 12.1 Å². The fourth-order valence-electron chi connectivity index (χ4n) is 3.70. The lowest BCUT2D eigenvalue weighted by Crippen LogP contribution is -2.39. The SMILES string of the molecule is COc1cccc(C(c2sccc2C)N2CCC(C(=O)O)CC2)c1OC. The molecule has 0 amide bonds. The van der Waals surface area contributed by atoms with Gasteiger partial charge in [-0.2, -0.15) is 0 Å². The fraction of sp³-hybridized carbons (Fsp3) is 0.450. The minimum atomic E-state index is -0.688. The van der Waals surface area contributed by atoms with Gasteiger partial charge in [0.15, 0.2) is 11.5 Å². The van der Waals surface area contributed by atoms with Crippen LogP contribution >= 0.6 is 11.3 Å². The topological polar surface area (TPSA) is 59.0 Å². The molecular formula is C20H25NO4S. The number of piperidine rings is 1. The average molecular weight is 375 g/mol. The first-order valence-corrected chi connectivity index (χ1v) is 9.66. The molecule has 26 heavy (non-hydrogen) atoms. The lowest BCUT2D eigenvalue weighted by Gasteiger charge is -2.37. The Morgan fingerprint density at radius 3 is 2.50 bits per heavy atom. The number of hydrogen-bond donors (Lipinski definition) is 1. The Hall–Kier alpha value is -2.05. The summed E-state index contributed by atoms with van der Waals surface area (Å²) in [5.74, 6) is 0.522. The maximum atomic E-state index is 11.3. The molecule has 140 valence electrons. The predicted octanol–water partition coefficient (Wildman–Crippen LogP) is 3.96. The van der Waals surface area contributed by atoms with E-state index in [1.54, 1.807) is 25.6 Å². The van der Waals surface area contributed by atoms with Crippen molar-refractivity contribution in [2.45, 2.75) is 25.8 Å². The first-order chi connectivity index (χ1) is 12.6. The highest BCUT2D eigenvalue weighted by atomic mass is 32.1. The molecule has 2 heterocycles. The number of benzene rings is 1. The van der Waals surface area contributed by atoms with Gasteiger partial charge in [0.1, 0.15) is 0 Å². The summed E-state index contributed by atoms with van der Waals surface area (Å²) in [6.45, 7) is 3.62. The lowest BCUT2D eigenvalue weighted by atomic mass is 9.92. The number of aryl methyl sites for hydroxylation is 1. The van der Waals surface area contributed by atoms with Crippen LogP contribution < -0.4 is 9.47 Å². The van der Waals surface area contributed by atoms with Gasteiger partial charge < -0.3 is 14.6 Å². The number of nitrogens with zero attached hydrogens (tertiary/aromatic N) is 1. The van der Waals surface area contributed by atoms with Crippen molar-refractivity contribution in [2.24, 2.45) is 5.92 Å². The van der Waals surface area contributed by atoms with Crippen molar-refractivity contribution in [1.29, 1.82) is 0 Å². The smallest absolute Gasteiger partial charge is 0.306 e. The van der Waals surface area contributed by atoms with Gasteiger partial charge in [0.25, 0.3) is 0 Å². The van der Waals surface area contributed by atoms with Crippen LogP contribution in [0.5, 0.6) is 11.5 Å². The van der Waals surface area contributed by atoms with Crippen molar-refractivity contribution < 1.29 is 19.4 Å². The minimum Gasteiger partial charge on any atom is -0.493 e. The van der Waals surface area contributed by atoms with Gasteiger partial charge in [0.2, 0.25) is 0 Å². The van der Waals surface area contributed by atoms with Gasteiger partial charge >= 0.3 is 5.97 Å². The molecule has 2 aromatic rings. The molecule has 1 aliphatic heterocycles. The van der Waals surface area contributed by atoms with E-state index < -0.39 is 5.97 Å². The molecule has 1 saturated heterocycles. The second kappa shape index (κ2) is 8.10. The molecule has 0 spiro atoms. The molecule has 1 aromatic carbocycles. The van der Waals surface area contributed by atoms with Crippen LogP contribution in [0.15, 0.2) is 29.6 Å². The Bertz CT molecular complexity index is 765. The highest BCUT2D eigenvalue weighted by Crippen LogP contribution is 2.43. The molecule has 0 radical (unpaired) electrons. The molecule has 5 nitrogen and oxygen atoms in total. The number of hydrogen-bond acceptors (Lipinski definition) is 5. The van der Waals surface area contributed by atoms with Crippen LogP contribution in [-0.2, 0) is 4.79 Å². The quantitative estimate of drug-likeness (QED) is 0.828. The van der Waals surface area contributed by atoms with Crippen molar-refractivity contribution in [3.63, 3.8) is 0 Å². The highest BCUT2D eigenvalue weighted by molar-refractivity contribution is 7.10. The fourth-order valence-corrected chi connectivity index (χ4v) is 4.78. The molecule has 1 aliphatic rings. The molecule has 1 unspecified atom stereocenters. The third-order valence-electron chi connectivity index (χ3n) is 5.12. The second-order valence-electron chi connectivity index (χ2n) is 6.60. The Kier molecular flexibility index (Phi) is 5.84. The molecule has 3 rings (SSSR count). The molecular weight excluding hydrogens is 350 g/mol. The van der Waals surface area contributed by atoms with Gasteiger partial charge in [0.05, 0.1) is 26.2 Å². The number of ether oxygens (including phenoxy) is 2. The zero-order valence-corrected chi connectivity index (χ0v) is 16.2. The van der Waals surface area contributed by atoms with E-state index in [-0.39, 0.29) is 12.0 Å². The summed E-state index contributed by atoms with van der Waals surface area (Å²) in [4.78, 5) is 15.0. The maximum Gasteiger partial charge on any atom is 0.306 e. The van der Waals surface area contributed by atoms with Crippen LogP contribution in [0.4, 0.5) is 0 Å². The molecule has 1 atom stereocenters. The maximum absolute atomic E-state index is 11.3. The zero-order valence-electron chi connectivity index (χ0n) is 15.4. The average Bonchev–Trinajstić information content (AvgIpc) is 3.07. The number of aliphatic carboxylic acids is 1. The summed E-state index contributed by atoms with van der Waals surface area (Å²) in [5.41, 5.74) is 2.30. The van der Waals surface area contributed by atoms with E-state index in [0.29, 0.717) is 18.6 Å². The van der Waals surface area contributed by atoms with Crippen molar-refractivity contribution in [3.8, 4) is 11.5 Å².